The highest BCUT2D eigenvalue weighted by Gasteiger charge is 2.24. The van der Waals surface area contributed by atoms with Crippen LogP contribution in [-0.4, -0.2) is 65.5 Å². The number of carbonyl (C=O) groups is 2. The topological polar surface area (TPSA) is 64.0 Å². The Hall–Kier alpha value is -3.29. The lowest BCUT2D eigenvalue weighted by Crippen LogP contribution is -2.45. The first-order valence-electron chi connectivity index (χ1n) is 12.4. The molecule has 0 aliphatic rings. The lowest BCUT2D eigenvalue weighted by Gasteiger charge is -2.29. The first kappa shape index (κ1) is 28.3. The Labute approximate surface area is 224 Å². The van der Waals surface area contributed by atoms with Gasteiger partial charge in [0.05, 0.1) is 20.2 Å². The van der Waals surface area contributed by atoms with Gasteiger partial charge in [-0.2, -0.15) is 0 Å². The molecule has 37 heavy (non-hydrogen) atoms. The number of ether oxygens (including phenoxy) is 2. The molecule has 0 radical (unpaired) electrons. The van der Waals surface area contributed by atoms with Gasteiger partial charge >= 0.3 is 0 Å². The average molecular weight is 526 g/mol. The zero-order valence-electron chi connectivity index (χ0n) is 21.8. The lowest BCUT2D eigenvalue weighted by molar-refractivity contribution is -0.141. The van der Waals surface area contributed by atoms with Crippen molar-refractivity contribution in [2.75, 3.05) is 33.9 Å². The molecule has 0 bridgehead atoms. The van der Waals surface area contributed by atoms with Gasteiger partial charge in [-0.3, -0.25) is 9.59 Å². The molecule has 2 aromatic carbocycles. The number of methoxy groups -OCH3 is 2. The second-order valence-electron chi connectivity index (χ2n) is 8.94. The van der Waals surface area contributed by atoms with Crippen LogP contribution in [0.2, 0.25) is 0 Å². The maximum Gasteiger partial charge on any atom is 0.242 e. The monoisotopic (exact) mass is 525 g/mol. The van der Waals surface area contributed by atoms with E-state index in [-0.39, 0.29) is 18.4 Å². The third kappa shape index (κ3) is 8.65. The zero-order valence-corrected chi connectivity index (χ0v) is 22.6. The van der Waals surface area contributed by atoms with Gasteiger partial charge in [0.15, 0.2) is 0 Å². The summed E-state index contributed by atoms with van der Waals surface area (Å²) >= 11 is 6.10. The van der Waals surface area contributed by atoms with Gasteiger partial charge in [-0.1, -0.05) is 42.5 Å². The van der Waals surface area contributed by atoms with E-state index in [2.05, 4.69) is 10.6 Å². The van der Waals surface area contributed by atoms with Crippen LogP contribution in [0.5, 0.6) is 5.75 Å². The van der Waals surface area contributed by atoms with E-state index in [0.717, 1.165) is 22.6 Å². The molecule has 2 amide bonds. The van der Waals surface area contributed by atoms with Crippen LogP contribution < -0.4 is 4.74 Å². The van der Waals surface area contributed by atoms with Gasteiger partial charge in [0, 0.05) is 45.2 Å². The fraction of sp³-hybridized carbons (Fsp3) is 0.379. The van der Waals surface area contributed by atoms with Gasteiger partial charge in [0.2, 0.25) is 11.8 Å². The number of hydrogen-bond donors (Lipinski definition) is 0. The van der Waals surface area contributed by atoms with E-state index in [4.69, 9.17) is 21.1 Å². The van der Waals surface area contributed by atoms with E-state index in [1.54, 1.807) is 26.0 Å². The van der Waals surface area contributed by atoms with Gasteiger partial charge in [-0.05, 0) is 48.7 Å². The number of benzene rings is 2. The maximum absolute atomic E-state index is 13.6. The fourth-order valence-corrected chi connectivity index (χ4v) is 4.27. The molecule has 0 aliphatic heterocycles. The predicted octanol–water partition coefficient (Wildman–Crippen LogP) is 4.57. The predicted molar refractivity (Wildman–Crippen MR) is 146 cm³/mol. The van der Waals surface area contributed by atoms with Crippen LogP contribution in [-0.2, 0) is 34.0 Å². The van der Waals surface area contributed by atoms with Crippen LogP contribution in [0.3, 0.4) is 0 Å². The summed E-state index contributed by atoms with van der Waals surface area (Å²) in [5.41, 5.74) is 3.11. The van der Waals surface area contributed by atoms with Gasteiger partial charge in [0.1, 0.15) is 11.1 Å². The van der Waals surface area contributed by atoms with Crippen LogP contribution in [0, 0.1) is 0 Å². The average Bonchev–Trinajstić information content (AvgIpc) is 3.34. The normalized spacial score (nSPS) is 11.7. The molecule has 1 atom stereocenters. The Balaban J connectivity index is 1.81. The highest BCUT2D eigenvalue weighted by molar-refractivity contribution is 6.30. The molecule has 0 aliphatic carbocycles. The van der Waals surface area contributed by atoms with E-state index < -0.39 is 5.38 Å². The maximum atomic E-state index is 13.6. The number of carbonyl (C=O) groups excluding carboxylic acids is 2. The van der Waals surface area contributed by atoms with Crippen LogP contribution in [0.1, 0.15) is 30.2 Å². The molecular weight excluding hydrogens is 490 g/mol. The summed E-state index contributed by atoms with van der Waals surface area (Å²) in [5, 5.41) is -0.710. The molecule has 1 aromatic heterocycles. The van der Waals surface area contributed by atoms with Crippen molar-refractivity contribution in [2.45, 2.75) is 38.4 Å². The molecular formula is C29H36ClN3O4. The number of nitrogens with zero attached hydrogens (tertiary/aromatic N) is 3. The Kier molecular flexibility index (Phi) is 11.0. The first-order chi connectivity index (χ1) is 17.9. The quantitative estimate of drug-likeness (QED) is 0.228. The number of aromatic nitrogens is 1. The zero-order chi connectivity index (χ0) is 26.6. The van der Waals surface area contributed by atoms with Crippen LogP contribution >= 0.6 is 11.6 Å². The minimum absolute atomic E-state index is 0.0387. The molecule has 8 heteroatoms. The van der Waals surface area contributed by atoms with Crippen LogP contribution in [0.25, 0.3) is 0 Å². The van der Waals surface area contributed by atoms with Crippen molar-refractivity contribution in [3.63, 3.8) is 0 Å². The summed E-state index contributed by atoms with van der Waals surface area (Å²) in [5.74, 6) is 0.409. The molecule has 0 spiro atoms. The minimum Gasteiger partial charge on any atom is -0.497 e. The highest BCUT2D eigenvalue weighted by atomic mass is 35.5. The van der Waals surface area contributed by atoms with E-state index >= 15 is 0 Å². The van der Waals surface area contributed by atoms with Crippen molar-refractivity contribution in [1.29, 1.82) is 0 Å². The number of rotatable bonds is 14. The third-order valence-electron chi connectivity index (χ3n) is 6.09. The molecule has 0 saturated carbocycles. The van der Waals surface area contributed by atoms with E-state index in [1.807, 2.05) is 66.9 Å². The highest BCUT2D eigenvalue weighted by Crippen LogP contribution is 2.17. The van der Waals surface area contributed by atoms with Gasteiger partial charge < -0.3 is 23.8 Å². The van der Waals surface area contributed by atoms with Gasteiger partial charge in [0.25, 0.3) is 0 Å². The molecule has 0 N–H and O–H groups in total. The van der Waals surface area contributed by atoms with Crippen molar-refractivity contribution in [3.8, 4) is 5.75 Å². The molecule has 1 heterocycles. The van der Waals surface area contributed by atoms with Crippen molar-refractivity contribution >= 4 is 23.4 Å². The smallest absolute Gasteiger partial charge is 0.242 e. The number of hydrogen-bond acceptors (Lipinski definition) is 4. The van der Waals surface area contributed by atoms with Crippen LogP contribution in [0.4, 0.5) is 0 Å². The van der Waals surface area contributed by atoms with Crippen molar-refractivity contribution in [2.24, 2.45) is 0 Å². The van der Waals surface area contributed by atoms with Crippen molar-refractivity contribution in [1.82, 2.24) is 14.4 Å². The van der Waals surface area contributed by atoms with E-state index in [1.165, 1.54) is 4.90 Å². The largest absolute Gasteiger partial charge is 0.497 e. The lowest BCUT2D eigenvalue weighted by atomic mass is 10.2. The summed E-state index contributed by atoms with van der Waals surface area (Å²) in [7, 11) is 3.27. The van der Waals surface area contributed by atoms with Crippen molar-refractivity contribution < 1.29 is 19.1 Å². The summed E-state index contributed by atoms with van der Waals surface area (Å²) in [6.45, 7) is 3.98. The van der Waals surface area contributed by atoms with Crippen molar-refractivity contribution in [3.05, 3.63) is 89.7 Å². The second-order valence-corrected chi connectivity index (χ2v) is 9.59. The first-order valence-corrected chi connectivity index (χ1v) is 12.8. The van der Waals surface area contributed by atoms with Crippen LogP contribution in [0.15, 0.2) is 72.9 Å². The Morgan fingerprint density at radius 2 is 1.70 bits per heavy atom. The van der Waals surface area contributed by atoms with E-state index in [9.17, 15) is 9.59 Å². The minimum atomic E-state index is -0.710. The SMILES string of the molecule is COCCCN(CC(=O)N(Cc1ccccc1)Cc1cccn1Cc1cccc(OC)c1)C(=O)C(C)Cl. The molecule has 7 nitrogen and oxygen atoms in total. The molecule has 3 aromatic rings. The summed E-state index contributed by atoms with van der Waals surface area (Å²) in [4.78, 5) is 29.7. The molecule has 198 valence electrons. The Bertz CT molecular complexity index is 1130. The number of alkyl halides is 1. The second kappa shape index (κ2) is 14.4. The summed E-state index contributed by atoms with van der Waals surface area (Å²) < 4.78 is 12.6. The van der Waals surface area contributed by atoms with Gasteiger partial charge in [-0.25, -0.2) is 0 Å². The molecule has 3 rings (SSSR count). The standard InChI is InChI=1S/C29H36ClN3O4/c1-23(30)29(35)32(16-9-17-36-2)22-28(34)33(19-24-10-5-4-6-11-24)21-26-13-8-15-31(26)20-25-12-7-14-27(18-25)37-3/h4-8,10-15,18,23H,9,16-17,19-22H2,1-3H3. The number of amides is 2. The summed E-state index contributed by atoms with van der Waals surface area (Å²) in [6, 6.07) is 21.8. The Morgan fingerprint density at radius 1 is 0.946 bits per heavy atom. The summed E-state index contributed by atoms with van der Waals surface area (Å²) in [6.07, 6.45) is 2.64. The molecule has 1 unspecified atom stereocenters. The third-order valence-corrected chi connectivity index (χ3v) is 6.27. The Morgan fingerprint density at radius 3 is 2.41 bits per heavy atom. The number of halogens is 1. The van der Waals surface area contributed by atoms with Gasteiger partial charge in [-0.15, -0.1) is 11.6 Å². The van der Waals surface area contributed by atoms with E-state index in [0.29, 0.717) is 39.2 Å². The fourth-order valence-electron chi connectivity index (χ4n) is 4.13. The molecule has 0 fully saturated rings. The molecule has 0 saturated heterocycles.